The van der Waals surface area contributed by atoms with Crippen LogP contribution in [0.2, 0.25) is 0 Å². The zero-order valence-electron chi connectivity index (χ0n) is 27.6. The molecule has 6 heterocycles. The third kappa shape index (κ3) is 7.24. The lowest BCUT2D eigenvalue weighted by Crippen LogP contribution is -1.95. The standard InChI is InChI=1S/C23H18N4O.C16H12N4O.CH4O/c1-2-5-16(6-3-1)15-28-19-11-18(13-24-14-19)17-8-9-21-20(12-17)23(27-26-21)22-7-4-10-25-22;21-12-6-11(8-17-9-12)10-3-4-14-13(7-10)16(20-19-14)15-2-1-5-18-15;1-2/h1-14,25H,15H2,(H,26,27);1-9,18,21H,(H,19,20);2H,1H3. The number of aromatic amines is 4. The molecule has 0 bridgehead atoms. The minimum absolute atomic E-state index is 0.157. The second kappa shape index (κ2) is 15.1. The second-order valence-electron chi connectivity index (χ2n) is 11.4. The lowest BCUT2D eigenvalue weighted by Gasteiger charge is -2.08. The van der Waals surface area contributed by atoms with Crippen LogP contribution >= 0.6 is 0 Å². The topological polar surface area (TPSA) is 164 Å². The van der Waals surface area contributed by atoms with E-state index in [2.05, 4.69) is 52.5 Å². The number of aliphatic hydroxyl groups is 1. The summed E-state index contributed by atoms with van der Waals surface area (Å²) in [6.07, 6.45) is 10.5. The summed E-state index contributed by atoms with van der Waals surface area (Å²) in [4.78, 5) is 14.8. The van der Waals surface area contributed by atoms with Crippen molar-refractivity contribution in [2.75, 3.05) is 7.11 Å². The zero-order valence-corrected chi connectivity index (χ0v) is 27.6. The first-order valence-electron chi connectivity index (χ1n) is 16.1. The van der Waals surface area contributed by atoms with Gasteiger partial charge in [-0.25, -0.2) is 0 Å². The van der Waals surface area contributed by atoms with Gasteiger partial charge in [-0.2, -0.15) is 10.2 Å². The van der Waals surface area contributed by atoms with E-state index in [9.17, 15) is 5.11 Å². The van der Waals surface area contributed by atoms with Crippen molar-refractivity contribution in [2.24, 2.45) is 0 Å². The summed E-state index contributed by atoms with van der Waals surface area (Å²) in [5.74, 6) is 0.905. The van der Waals surface area contributed by atoms with E-state index in [4.69, 9.17) is 9.84 Å². The molecular formula is C40H34N8O3. The fraction of sp³-hybridized carbons (Fsp3) is 0.0500. The molecule has 0 fully saturated rings. The molecule has 3 aromatic carbocycles. The fourth-order valence-electron chi connectivity index (χ4n) is 5.74. The van der Waals surface area contributed by atoms with Crippen molar-refractivity contribution in [3.63, 3.8) is 0 Å². The molecule has 0 aliphatic rings. The number of hydrogen-bond acceptors (Lipinski definition) is 7. The molecule has 0 unspecified atom stereocenters. The average molecular weight is 675 g/mol. The number of fused-ring (bicyclic) bond motifs is 2. The number of pyridine rings is 2. The van der Waals surface area contributed by atoms with Gasteiger partial charge in [0.15, 0.2) is 0 Å². The molecule has 252 valence electrons. The monoisotopic (exact) mass is 674 g/mol. The van der Waals surface area contributed by atoms with Crippen LogP contribution in [0.3, 0.4) is 0 Å². The first-order chi connectivity index (χ1) is 25.2. The maximum absolute atomic E-state index is 9.57. The fourth-order valence-corrected chi connectivity index (χ4v) is 5.74. The molecule has 0 radical (unpaired) electrons. The Morgan fingerprint density at radius 2 is 1.14 bits per heavy atom. The third-order valence-corrected chi connectivity index (χ3v) is 8.18. The average Bonchev–Trinajstić information content (AvgIpc) is 4.03. The normalized spacial score (nSPS) is 10.7. The highest BCUT2D eigenvalue weighted by Crippen LogP contribution is 2.32. The number of nitrogens with zero attached hydrogens (tertiary/aromatic N) is 4. The highest BCUT2D eigenvalue weighted by molar-refractivity contribution is 5.96. The van der Waals surface area contributed by atoms with Crippen LogP contribution < -0.4 is 4.74 Å². The van der Waals surface area contributed by atoms with Gasteiger partial charge in [-0.15, -0.1) is 0 Å². The molecule has 0 aliphatic heterocycles. The van der Waals surface area contributed by atoms with E-state index in [1.165, 1.54) is 6.20 Å². The molecular weight excluding hydrogens is 640 g/mol. The molecule has 0 atom stereocenters. The van der Waals surface area contributed by atoms with E-state index >= 15 is 0 Å². The highest BCUT2D eigenvalue weighted by Gasteiger charge is 2.12. The van der Waals surface area contributed by atoms with Crippen molar-refractivity contribution >= 4 is 21.8 Å². The maximum atomic E-state index is 9.57. The predicted octanol–water partition coefficient (Wildman–Crippen LogP) is 8.13. The van der Waals surface area contributed by atoms with Gasteiger partial charge in [0.05, 0.1) is 34.8 Å². The number of ether oxygens (including phenoxy) is 1. The van der Waals surface area contributed by atoms with Gasteiger partial charge in [-0.3, -0.25) is 20.2 Å². The SMILES string of the molecule is CO.Oc1cncc(-c2ccc3[nH]nc(-c4ccc[nH]4)c3c2)c1.c1ccc(COc2cncc(-c3ccc4[nH]nc(-c5ccc[nH]5)c4c3)c2)cc1. The number of aliphatic hydroxyl groups excluding tert-OH is 1. The number of H-pyrrole nitrogens is 4. The van der Waals surface area contributed by atoms with Gasteiger partial charge in [-0.05, 0) is 77.4 Å². The Labute approximate surface area is 292 Å². The van der Waals surface area contributed by atoms with Crippen LogP contribution in [0.4, 0.5) is 0 Å². The van der Waals surface area contributed by atoms with Crippen LogP contribution in [-0.2, 0) is 6.61 Å². The molecule has 0 aliphatic carbocycles. The van der Waals surface area contributed by atoms with Gasteiger partial charge in [0.1, 0.15) is 29.5 Å². The molecule has 0 amide bonds. The Morgan fingerprint density at radius 1 is 0.569 bits per heavy atom. The first-order valence-corrected chi connectivity index (χ1v) is 16.1. The molecule has 11 nitrogen and oxygen atoms in total. The number of nitrogens with one attached hydrogen (secondary N) is 4. The Hall–Kier alpha value is -6.98. The lowest BCUT2D eigenvalue weighted by molar-refractivity contribution is 0.305. The Morgan fingerprint density at radius 3 is 1.69 bits per heavy atom. The summed E-state index contributed by atoms with van der Waals surface area (Å²) >= 11 is 0. The number of benzene rings is 3. The Bertz CT molecular complexity index is 2470. The quantitative estimate of drug-likeness (QED) is 0.0993. The van der Waals surface area contributed by atoms with E-state index in [1.54, 1.807) is 18.5 Å². The summed E-state index contributed by atoms with van der Waals surface area (Å²) in [5.41, 5.74) is 10.8. The molecule has 6 N–H and O–H groups in total. The van der Waals surface area contributed by atoms with Crippen molar-refractivity contribution in [2.45, 2.75) is 6.61 Å². The van der Waals surface area contributed by atoms with Crippen molar-refractivity contribution in [1.29, 1.82) is 0 Å². The van der Waals surface area contributed by atoms with E-state index < -0.39 is 0 Å². The van der Waals surface area contributed by atoms with Crippen molar-refractivity contribution in [3.8, 4) is 56.5 Å². The molecule has 0 saturated carbocycles. The lowest BCUT2D eigenvalue weighted by atomic mass is 10.0. The zero-order chi connectivity index (χ0) is 35.0. The summed E-state index contributed by atoms with van der Waals surface area (Å²) in [6.45, 7) is 0.518. The first kappa shape index (κ1) is 32.6. The van der Waals surface area contributed by atoms with Gasteiger partial charge in [0, 0.05) is 53.8 Å². The summed E-state index contributed by atoms with van der Waals surface area (Å²) in [6, 6.07) is 34.0. The summed E-state index contributed by atoms with van der Waals surface area (Å²) in [7, 11) is 1.00. The van der Waals surface area contributed by atoms with Gasteiger partial charge in [0.25, 0.3) is 0 Å². The van der Waals surface area contributed by atoms with Gasteiger partial charge in [0.2, 0.25) is 0 Å². The Balaban J connectivity index is 0.000000158. The molecule has 9 rings (SSSR count). The van der Waals surface area contributed by atoms with Crippen molar-refractivity contribution in [3.05, 3.63) is 146 Å². The van der Waals surface area contributed by atoms with Crippen LogP contribution in [0.5, 0.6) is 11.5 Å². The van der Waals surface area contributed by atoms with Crippen molar-refractivity contribution < 1.29 is 14.9 Å². The molecule has 11 heteroatoms. The van der Waals surface area contributed by atoms with Gasteiger partial charge < -0.3 is 24.9 Å². The Kier molecular flexibility index (Phi) is 9.62. The molecule has 0 saturated heterocycles. The molecule has 6 aromatic heterocycles. The van der Waals surface area contributed by atoms with Crippen LogP contribution in [0.1, 0.15) is 5.56 Å². The number of hydrogen-bond donors (Lipinski definition) is 6. The maximum Gasteiger partial charge on any atom is 0.138 e. The number of rotatable bonds is 7. The van der Waals surface area contributed by atoms with Gasteiger partial charge >= 0.3 is 0 Å². The molecule has 9 aromatic rings. The summed E-state index contributed by atoms with van der Waals surface area (Å²) in [5, 5.41) is 33.6. The van der Waals surface area contributed by atoms with Crippen LogP contribution in [-0.4, -0.2) is 57.7 Å². The largest absolute Gasteiger partial charge is 0.506 e. The molecule has 0 spiro atoms. The minimum atomic E-state index is 0.157. The third-order valence-electron chi connectivity index (χ3n) is 8.18. The predicted molar refractivity (Wildman–Crippen MR) is 199 cm³/mol. The number of aromatic hydroxyl groups is 1. The van der Waals surface area contributed by atoms with Gasteiger partial charge in [-0.1, -0.05) is 42.5 Å². The second-order valence-corrected chi connectivity index (χ2v) is 11.4. The van der Waals surface area contributed by atoms with Crippen LogP contribution in [0, 0.1) is 0 Å². The smallest absolute Gasteiger partial charge is 0.138 e. The van der Waals surface area contributed by atoms with E-state index in [1.807, 2.05) is 104 Å². The van der Waals surface area contributed by atoms with E-state index in [-0.39, 0.29) is 5.75 Å². The van der Waals surface area contributed by atoms with E-state index in [0.717, 1.165) is 85.3 Å². The highest BCUT2D eigenvalue weighted by atomic mass is 16.5. The number of aromatic nitrogens is 8. The van der Waals surface area contributed by atoms with Crippen LogP contribution in [0.25, 0.3) is 66.8 Å². The molecule has 51 heavy (non-hydrogen) atoms. The summed E-state index contributed by atoms with van der Waals surface area (Å²) < 4.78 is 5.92. The van der Waals surface area contributed by atoms with Crippen molar-refractivity contribution in [1.82, 2.24) is 40.3 Å². The van der Waals surface area contributed by atoms with E-state index in [0.29, 0.717) is 6.61 Å². The minimum Gasteiger partial charge on any atom is -0.506 e. The van der Waals surface area contributed by atoms with Crippen LogP contribution in [0.15, 0.2) is 140 Å².